The van der Waals surface area contributed by atoms with Crippen LogP contribution < -0.4 is 14.8 Å². The van der Waals surface area contributed by atoms with Gasteiger partial charge in [-0.15, -0.1) is 0 Å². The number of benzene rings is 1. The summed E-state index contributed by atoms with van der Waals surface area (Å²) in [6, 6.07) is 5.18. The third-order valence-electron chi connectivity index (χ3n) is 5.28. The zero-order valence-corrected chi connectivity index (χ0v) is 15.8. The molecule has 5 heteroatoms. The van der Waals surface area contributed by atoms with Crippen LogP contribution in [0.1, 0.15) is 57.3 Å². The molecule has 1 aromatic rings. The number of hydrogen-bond acceptors (Lipinski definition) is 4. The van der Waals surface area contributed by atoms with Gasteiger partial charge in [0, 0.05) is 11.6 Å². The monoisotopic (exact) mass is 347 g/mol. The van der Waals surface area contributed by atoms with Crippen LogP contribution in [0.4, 0.5) is 0 Å². The summed E-state index contributed by atoms with van der Waals surface area (Å²) in [5.74, 6) is 1.83. The summed E-state index contributed by atoms with van der Waals surface area (Å²) in [6.45, 7) is 7.66. The fourth-order valence-electron chi connectivity index (χ4n) is 3.31. The molecule has 1 saturated carbocycles. The maximum Gasteiger partial charge on any atom is 0.261 e. The van der Waals surface area contributed by atoms with Crippen molar-refractivity contribution in [3.63, 3.8) is 0 Å². The van der Waals surface area contributed by atoms with Crippen molar-refractivity contribution < 1.29 is 19.1 Å². The van der Waals surface area contributed by atoms with Gasteiger partial charge in [0.25, 0.3) is 5.91 Å². The molecule has 1 aliphatic rings. The summed E-state index contributed by atoms with van der Waals surface area (Å²) in [6.07, 6.45) is 2.74. The van der Waals surface area contributed by atoms with E-state index in [2.05, 4.69) is 19.2 Å². The highest BCUT2D eigenvalue weighted by Crippen LogP contribution is 2.31. The second kappa shape index (κ2) is 8.37. The van der Waals surface area contributed by atoms with Crippen LogP contribution in [0.5, 0.6) is 11.5 Å². The lowest BCUT2D eigenvalue weighted by molar-refractivity contribution is -0.128. The van der Waals surface area contributed by atoms with E-state index >= 15 is 0 Å². The van der Waals surface area contributed by atoms with Gasteiger partial charge in [-0.25, -0.2) is 0 Å². The molecule has 0 aromatic heterocycles. The van der Waals surface area contributed by atoms with Crippen molar-refractivity contribution in [1.29, 1.82) is 0 Å². The van der Waals surface area contributed by atoms with Gasteiger partial charge in [-0.1, -0.05) is 26.7 Å². The number of nitrogens with one attached hydrogen (secondary N) is 1. The van der Waals surface area contributed by atoms with E-state index in [9.17, 15) is 9.59 Å². The van der Waals surface area contributed by atoms with Crippen LogP contribution in [0.25, 0.3) is 0 Å². The topological polar surface area (TPSA) is 64.6 Å². The zero-order chi connectivity index (χ0) is 18.6. The minimum absolute atomic E-state index is 0.0453. The largest absolute Gasteiger partial charge is 0.493 e. The van der Waals surface area contributed by atoms with Crippen LogP contribution in [-0.2, 0) is 4.79 Å². The molecule has 4 atom stereocenters. The summed E-state index contributed by atoms with van der Waals surface area (Å²) >= 11 is 0. The predicted octanol–water partition coefficient (Wildman–Crippen LogP) is 3.61. The highest BCUT2D eigenvalue weighted by Gasteiger charge is 2.29. The highest BCUT2D eigenvalue weighted by molar-refractivity contribution is 5.94. The van der Waals surface area contributed by atoms with Crippen LogP contribution >= 0.6 is 0 Å². The lowest BCUT2D eigenvalue weighted by atomic mass is 9.78. The number of amides is 1. The third kappa shape index (κ3) is 4.74. The molecule has 1 aromatic carbocycles. The summed E-state index contributed by atoms with van der Waals surface area (Å²) < 4.78 is 11.1. The van der Waals surface area contributed by atoms with Crippen molar-refractivity contribution in [2.45, 2.75) is 59.1 Å². The van der Waals surface area contributed by atoms with Gasteiger partial charge in [0.2, 0.25) is 0 Å². The van der Waals surface area contributed by atoms with Crippen molar-refractivity contribution in [2.24, 2.45) is 11.8 Å². The first-order chi connectivity index (χ1) is 11.8. The standard InChI is InChI=1S/C20H29NO4/c1-12-7-6-8-17(13(12)2)21-20(23)15(4)25-18-10-9-16(14(3)22)11-19(18)24-5/h9-13,15,17H,6-8H2,1-5H3,(H,21,23)/t12-,13+,15+,17-/m0/s1. The molecule has 1 aliphatic carbocycles. The summed E-state index contributed by atoms with van der Waals surface area (Å²) in [5.41, 5.74) is 0.548. The number of methoxy groups -OCH3 is 1. The fraction of sp³-hybridized carbons (Fsp3) is 0.600. The molecule has 0 aliphatic heterocycles. The van der Waals surface area contributed by atoms with E-state index < -0.39 is 6.10 Å². The molecule has 1 fully saturated rings. The number of rotatable bonds is 6. The molecule has 5 nitrogen and oxygen atoms in total. The third-order valence-corrected chi connectivity index (χ3v) is 5.28. The molecule has 0 spiro atoms. The molecule has 1 N–H and O–H groups in total. The fourth-order valence-corrected chi connectivity index (χ4v) is 3.31. The molecule has 25 heavy (non-hydrogen) atoms. The average molecular weight is 347 g/mol. The van der Waals surface area contributed by atoms with Crippen LogP contribution in [-0.4, -0.2) is 30.9 Å². The molecule has 138 valence electrons. The molecule has 0 heterocycles. The van der Waals surface area contributed by atoms with Gasteiger partial charge in [-0.3, -0.25) is 9.59 Å². The van der Waals surface area contributed by atoms with Crippen molar-refractivity contribution >= 4 is 11.7 Å². The number of ether oxygens (including phenoxy) is 2. The van der Waals surface area contributed by atoms with E-state index in [0.29, 0.717) is 28.9 Å². The van der Waals surface area contributed by atoms with E-state index in [1.165, 1.54) is 20.5 Å². The Labute approximate surface area is 150 Å². The van der Waals surface area contributed by atoms with Gasteiger partial charge >= 0.3 is 0 Å². The second-order valence-electron chi connectivity index (χ2n) is 7.06. The number of ketones is 1. The zero-order valence-electron chi connectivity index (χ0n) is 15.8. The first-order valence-electron chi connectivity index (χ1n) is 8.99. The maximum absolute atomic E-state index is 12.5. The van der Waals surface area contributed by atoms with E-state index in [-0.39, 0.29) is 17.7 Å². The Morgan fingerprint density at radius 3 is 2.56 bits per heavy atom. The lowest BCUT2D eigenvalue weighted by Gasteiger charge is -2.35. The molecule has 0 saturated heterocycles. The van der Waals surface area contributed by atoms with Crippen molar-refractivity contribution in [3.05, 3.63) is 23.8 Å². The maximum atomic E-state index is 12.5. The molecular weight excluding hydrogens is 318 g/mol. The first-order valence-corrected chi connectivity index (χ1v) is 8.99. The van der Waals surface area contributed by atoms with Gasteiger partial charge in [-0.2, -0.15) is 0 Å². The minimum atomic E-state index is -0.637. The number of carbonyl (C=O) groups is 2. The van der Waals surface area contributed by atoms with Crippen molar-refractivity contribution in [1.82, 2.24) is 5.32 Å². The normalized spacial score (nSPS) is 24.3. The van der Waals surface area contributed by atoms with Crippen LogP contribution in [0.3, 0.4) is 0 Å². The van der Waals surface area contributed by atoms with Crippen molar-refractivity contribution in [3.8, 4) is 11.5 Å². The molecule has 0 bridgehead atoms. The summed E-state index contributed by atoms with van der Waals surface area (Å²) in [4.78, 5) is 24.0. The Kier molecular flexibility index (Phi) is 6.45. The van der Waals surface area contributed by atoms with Gasteiger partial charge in [0.1, 0.15) is 0 Å². The Morgan fingerprint density at radius 1 is 1.20 bits per heavy atom. The Hall–Kier alpha value is -2.04. The van der Waals surface area contributed by atoms with Crippen LogP contribution in [0.15, 0.2) is 18.2 Å². The van der Waals surface area contributed by atoms with E-state index in [0.717, 1.165) is 12.8 Å². The van der Waals surface area contributed by atoms with E-state index in [1.807, 2.05) is 0 Å². The molecule has 2 rings (SSSR count). The minimum Gasteiger partial charge on any atom is -0.493 e. The summed E-state index contributed by atoms with van der Waals surface area (Å²) in [5, 5.41) is 3.13. The molecule has 1 amide bonds. The molecule has 0 unspecified atom stereocenters. The number of hydrogen-bond donors (Lipinski definition) is 1. The quantitative estimate of drug-likeness (QED) is 0.799. The highest BCUT2D eigenvalue weighted by atomic mass is 16.5. The van der Waals surface area contributed by atoms with E-state index in [1.54, 1.807) is 25.1 Å². The number of Topliss-reactive ketones (excluding diaryl/α,β-unsaturated/α-hetero) is 1. The van der Waals surface area contributed by atoms with Crippen molar-refractivity contribution in [2.75, 3.05) is 7.11 Å². The second-order valence-corrected chi connectivity index (χ2v) is 7.06. The average Bonchev–Trinajstić information content (AvgIpc) is 2.58. The Bertz CT molecular complexity index is 628. The van der Waals surface area contributed by atoms with Crippen LogP contribution in [0.2, 0.25) is 0 Å². The Morgan fingerprint density at radius 2 is 1.92 bits per heavy atom. The van der Waals surface area contributed by atoms with Gasteiger partial charge in [-0.05, 0) is 50.3 Å². The van der Waals surface area contributed by atoms with Gasteiger partial charge in [0.15, 0.2) is 23.4 Å². The predicted molar refractivity (Wildman–Crippen MR) is 97.2 cm³/mol. The summed E-state index contributed by atoms with van der Waals surface area (Å²) in [7, 11) is 1.52. The SMILES string of the molecule is COc1cc(C(C)=O)ccc1O[C@H](C)C(=O)N[C@H]1CCC[C@H](C)[C@H]1C. The van der Waals surface area contributed by atoms with Gasteiger partial charge in [0.05, 0.1) is 7.11 Å². The lowest BCUT2D eigenvalue weighted by Crippen LogP contribution is -2.48. The van der Waals surface area contributed by atoms with Gasteiger partial charge < -0.3 is 14.8 Å². The molecular formula is C20H29NO4. The van der Waals surface area contributed by atoms with E-state index in [4.69, 9.17) is 9.47 Å². The number of carbonyl (C=O) groups excluding carboxylic acids is 2. The first kappa shape index (κ1) is 19.3. The Balaban J connectivity index is 2.02. The molecule has 0 radical (unpaired) electrons. The van der Waals surface area contributed by atoms with Crippen LogP contribution in [0, 0.1) is 11.8 Å². The smallest absolute Gasteiger partial charge is 0.261 e.